The van der Waals surface area contributed by atoms with Gasteiger partial charge in [0.15, 0.2) is 5.82 Å². The molecule has 68 valence electrons. The third kappa shape index (κ3) is 2.69. The fourth-order valence-electron chi connectivity index (χ4n) is 0.797. The number of nitrogens with zero attached hydrogens (tertiary/aromatic N) is 3. The van der Waals surface area contributed by atoms with Crippen LogP contribution in [0.4, 0.5) is 5.82 Å². The second-order valence-corrected chi connectivity index (χ2v) is 2.64. The molecule has 5 nitrogen and oxygen atoms in total. The first kappa shape index (κ1) is 9.42. The Morgan fingerprint density at radius 1 is 1.77 bits per heavy atom. The van der Waals surface area contributed by atoms with Crippen molar-refractivity contribution >= 4 is 5.82 Å². The predicted molar refractivity (Wildman–Crippen MR) is 46.9 cm³/mol. The van der Waals surface area contributed by atoms with E-state index < -0.39 is 6.10 Å². The molecule has 1 heterocycles. The van der Waals surface area contributed by atoms with Gasteiger partial charge in [-0.05, 0) is 13.0 Å². The first-order valence-electron chi connectivity index (χ1n) is 3.87. The van der Waals surface area contributed by atoms with Gasteiger partial charge in [-0.15, -0.1) is 5.10 Å². The highest BCUT2D eigenvalue weighted by Gasteiger charge is 2.03. The summed E-state index contributed by atoms with van der Waals surface area (Å²) in [6.45, 7) is 2.00. The lowest BCUT2D eigenvalue weighted by atomic mass is 10.3. The van der Waals surface area contributed by atoms with E-state index >= 15 is 0 Å². The van der Waals surface area contributed by atoms with Gasteiger partial charge in [-0.3, -0.25) is 0 Å². The third-order valence-corrected chi connectivity index (χ3v) is 1.41. The molecule has 1 unspecified atom stereocenters. The molecule has 1 aromatic heterocycles. The molecule has 2 N–H and O–H groups in total. The molecule has 0 bridgehead atoms. The van der Waals surface area contributed by atoms with Crippen LogP contribution >= 0.6 is 0 Å². The summed E-state index contributed by atoms with van der Waals surface area (Å²) in [5.74, 6) is 0.408. The van der Waals surface area contributed by atoms with Crippen LogP contribution in [0.2, 0.25) is 0 Å². The van der Waals surface area contributed by atoms with E-state index in [4.69, 9.17) is 10.4 Å². The normalized spacial score (nSPS) is 11.8. The number of aliphatic hydroxyl groups excluding tert-OH is 1. The zero-order valence-corrected chi connectivity index (χ0v) is 7.23. The van der Waals surface area contributed by atoms with Crippen molar-refractivity contribution in [2.24, 2.45) is 0 Å². The highest BCUT2D eigenvalue weighted by Crippen LogP contribution is 2.07. The number of hydrogen-bond acceptors (Lipinski definition) is 5. The molecule has 1 atom stereocenters. The number of nitriles is 1. The Morgan fingerprint density at radius 2 is 2.54 bits per heavy atom. The number of anilines is 1. The molecule has 13 heavy (non-hydrogen) atoms. The molecule has 0 saturated heterocycles. The van der Waals surface area contributed by atoms with E-state index in [1.54, 1.807) is 13.0 Å². The first-order valence-corrected chi connectivity index (χ1v) is 3.87. The van der Waals surface area contributed by atoms with Crippen LogP contribution in [-0.4, -0.2) is 28.0 Å². The van der Waals surface area contributed by atoms with Crippen LogP contribution in [0.25, 0.3) is 0 Å². The van der Waals surface area contributed by atoms with Crippen LogP contribution in [0.5, 0.6) is 0 Å². The summed E-state index contributed by atoms with van der Waals surface area (Å²) in [4.78, 5) is 0. The Morgan fingerprint density at radius 3 is 3.15 bits per heavy atom. The fraction of sp³-hybridized carbons (Fsp3) is 0.375. The van der Waals surface area contributed by atoms with Crippen LogP contribution in [0, 0.1) is 11.3 Å². The third-order valence-electron chi connectivity index (χ3n) is 1.41. The second kappa shape index (κ2) is 4.38. The zero-order chi connectivity index (χ0) is 9.68. The van der Waals surface area contributed by atoms with Crippen molar-refractivity contribution in [2.75, 3.05) is 11.9 Å². The van der Waals surface area contributed by atoms with Gasteiger partial charge in [0.05, 0.1) is 17.9 Å². The lowest BCUT2D eigenvalue weighted by Gasteiger charge is -2.07. The van der Waals surface area contributed by atoms with Gasteiger partial charge >= 0.3 is 0 Å². The number of nitrogens with one attached hydrogen (secondary N) is 1. The van der Waals surface area contributed by atoms with Crippen LogP contribution in [0.1, 0.15) is 12.5 Å². The average molecular weight is 178 g/mol. The van der Waals surface area contributed by atoms with Crippen LogP contribution in [0.15, 0.2) is 12.3 Å². The Kier molecular flexibility index (Phi) is 3.17. The smallest absolute Gasteiger partial charge is 0.166 e. The maximum atomic E-state index is 8.98. The van der Waals surface area contributed by atoms with E-state index in [0.717, 1.165) is 0 Å². The van der Waals surface area contributed by atoms with E-state index in [2.05, 4.69) is 15.5 Å². The molecule has 0 saturated carbocycles. The molecule has 0 aromatic carbocycles. The van der Waals surface area contributed by atoms with Gasteiger partial charge in [-0.2, -0.15) is 10.4 Å². The number of rotatable bonds is 3. The minimum absolute atomic E-state index is 0.355. The Bertz CT molecular complexity index is 318. The number of aromatic nitrogens is 2. The summed E-state index contributed by atoms with van der Waals surface area (Å²) in [5.41, 5.74) is 0.427. The molecule has 0 spiro atoms. The Balaban J connectivity index is 2.71. The van der Waals surface area contributed by atoms with E-state index in [1.165, 1.54) is 6.20 Å². The summed E-state index contributed by atoms with van der Waals surface area (Å²) in [5, 5.41) is 27.8. The molecular formula is C8H10N4O. The second-order valence-electron chi connectivity index (χ2n) is 2.64. The summed E-state index contributed by atoms with van der Waals surface area (Å²) < 4.78 is 0. The summed E-state index contributed by atoms with van der Waals surface area (Å²) in [7, 11) is 0. The molecule has 0 radical (unpaired) electrons. The SMILES string of the molecule is CC(O)CNc1nnccc1C#N. The van der Waals surface area contributed by atoms with Gasteiger partial charge in [-0.25, -0.2) is 0 Å². The maximum Gasteiger partial charge on any atom is 0.166 e. The number of hydrogen-bond donors (Lipinski definition) is 2. The minimum Gasteiger partial charge on any atom is -0.392 e. The number of aliphatic hydroxyl groups is 1. The lowest BCUT2D eigenvalue weighted by molar-refractivity contribution is 0.208. The monoisotopic (exact) mass is 178 g/mol. The molecule has 0 fully saturated rings. The molecule has 0 aliphatic rings. The largest absolute Gasteiger partial charge is 0.392 e. The van der Waals surface area contributed by atoms with Crippen LogP contribution in [-0.2, 0) is 0 Å². The molecular weight excluding hydrogens is 168 g/mol. The molecule has 1 rings (SSSR count). The molecule has 0 amide bonds. The maximum absolute atomic E-state index is 8.98. The Hall–Kier alpha value is -1.67. The average Bonchev–Trinajstić information content (AvgIpc) is 2.15. The predicted octanol–water partition coefficient (Wildman–Crippen LogP) is 0.141. The van der Waals surface area contributed by atoms with Crippen molar-refractivity contribution in [3.05, 3.63) is 17.8 Å². The van der Waals surface area contributed by atoms with Crippen molar-refractivity contribution < 1.29 is 5.11 Å². The van der Waals surface area contributed by atoms with Crippen LogP contribution < -0.4 is 5.32 Å². The first-order chi connectivity index (χ1) is 6.24. The van der Waals surface area contributed by atoms with Crippen molar-refractivity contribution in [1.82, 2.24) is 10.2 Å². The van der Waals surface area contributed by atoms with E-state index in [-0.39, 0.29) is 0 Å². The van der Waals surface area contributed by atoms with Crippen LogP contribution in [0.3, 0.4) is 0 Å². The topological polar surface area (TPSA) is 81.8 Å². The van der Waals surface area contributed by atoms with Crippen molar-refractivity contribution in [1.29, 1.82) is 5.26 Å². The fourth-order valence-corrected chi connectivity index (χ4v) is 0.797. The van der Waals surface area contributed by atoms with Gasteiger partial charge < -0.3 is 10.4 Å². The molecule has 0 aliphatic heterocycles. The van der Waals surface area contributed by atoms with Gasteiger partial charge in [0.1, 0.15) is 6.07 Å². The molecule has 1 aromatic rings. The van der Waals surface area contributed by atoms with E-state index in [1.807, 2.05) is 6.07 Å². The Labute approximate surface area is 76.0 Å². The zero-order valence-electron chi connectivity index (χ0n) is 7.23. The van der Waals surface area contributed by atoms with Gasteiger partial charge in [0, 0.05) is 6.54 Å². The molecule has 5 heteroatoms. The standard InChI is InChI=1S/C8H10N4O/c1-6(13)5-10-8-7(4-9)2-3-11-12-8/h2-3,6,13H,5H2,1H3,(H,10,12). The van der Waals surface area contributed by atoms with Gasteiger partial charge in [0.2, 0.25) is 0 Å². The molecule has 0 aliphatic carbocycles. The lowest BCUT2D eigenvalue weighted by Crippen LogP contribution is -2.17. The van der Waals surface area contributed by atoms with Crippen molar-refractivity contribution in [3.8, 4) is 6.07 Å². The summed E-state index contributed by atoms with van der Waals surface area (Å²) in [6, 6.07) is 3.54. The quantitative estimate of drug-likeness (QED) is 0.688. The van der Waals surface area contributed by atoms with Gasteiger partial charge in [0.25, 0.3) is 0 Å². The van der Waals surface area contributed by atoms with Crippen molar-refractivity contribution in [2.45, 2.75) is 13.0 Å². The highest BCUT2D eigenvalue weighted by molar-refractivity contribution is 5.50. The summed E-state index contributed by atoms with van der Waals surface area (Å²) >= 11 is 0. The van der Waals surface area contributed by atoms with E-state index in [9.17, 15) is 0 Å². The van der Waals surface area contributed by atoms with Gasteiger partial charge in [-0.1, -0.05) is 0 Å². The van der Waals surface area contributed by atoms with E-state index in [0.29, 0.717) is 17.9 Å². The van der Waals surface area contributed by atoms with Crippen molar-refractivity contribution in [3.63, 3.8) is 0 Å². The highest BCUT2D eigenvalue weighted by atomic mass is 16.3. The summed E-state index contributed by atoms with van der Waals surface area (Å²) in [6.07, 6.45) is 0.972. The minimum atomic E-state index is -0.478.